The number of benzene rings is 1. The van der Waals surface area contributed by atoms with Gasteiger partial charge >= 0.3 is 0 Å². The molecule has 1 atom stereocenters. The van der Waals surface area contributed by atoms with Crippen molar-refractivity contribution in [3.8, 4) is 0 Å². The van der Waals surface area contributed by atoms with Gasteiger partial charge in [-0.3, -0.25) is 0 Å². The van der Waals surface area contributed by atoms with E-state index in [1.54, 1.807) is 7.05 Å². The van der Waals surface area contributed by atoms with Gasteiger partial charge in [-0.2, -0.15) is 0 Å². The van der Waals surface area contributed by atoms with Crippen LogP contribution in [-0.4, -0.2) is 25.8 Å². The van der Waals surface area contributed by atoms with Crippen LogP contribution < -0.4 is 5.32 Å². The topological polar surface area (TPSA) is 41.5 Å². The van der Waals surface area contributed by atoms with Gasteiger partial charge in [0.2, 0.25) is 0 Å². The van der Waals surface area contributed by atoms with Gasteiger partial charge in [-0.25, -0.2) is 8.78 Å². The average Bonchev–Trinajstić information content (AvgIpc) is 2.24. The number of likely N-dealkylation sites (N-methyl/N-ethyl adjacent to an activating group) is 1. The Labute approximate surface area is 93.0 Å². The first-order chi connectivity index (χ1) is 7.61. The van der Waals surface area contributed by atoms with E-state index in [0.29, 0.717) is 0 Å². The second-order valence-corrected chi connectivity index (χ2v) is 3.44. The summed E-state index contributed by atoms with van der Waals surface area (Å²) in [5, 5.41) is 12.3. The third kappa shape index (κ3) is 2.75. The van der Waals surface area contributed by atoms with Crippen LogP contribution in [0.3, 0.4) is 0 Å². The first kappa shape index (κ1) is 13.0. The highest BCUT2D eigenvalue weighted by atomic mass is 19.1. The monoisotopic (exact) mass is 231 g/mol. The zero-order valence-corrected chi connectivity index (χ0v) is 9.26. The average molecular weight is 231 g/mol. The molecule has 1 aromatic rings. The molecule has 0 aliphatic heterocycles. The van der Waals surface area contributed by atoms with Crippen molar-refractivity contribution in [2.24, 2.45) is 0 Å². The maximum Gasteiger partial charge on any atom is 0.137 e. The van der Waals surface area contributed by atoms with Gasteiger partial charge in [-0.1, -0.05) is 6.07 Å². The van der Waals surface area contributed by atoms with E-state index < -0.39 is 17.7 Å². The highest BCUT2D eigenvalue weighted by molar-refractivity contribution is 5.29. The second-order valence-electron chi connectivity index (χ2n) is 3.44. The van der Waals surface area contributed by atoms with E-state index in [1.807, 2.05) is 0 Å². The molecule has 0 saturated heterocycles. The summed E-state index contributed by atoms with van der Waals surface area (Å²) >= 11 is 0. The lowest BCUT2D eigenvalue weighted by molar-refractivity contribution is 0.164. The second kappa shape index (κ2) is 5.89. The molecule has 0 bridgehead atoms. The van der Waals surface area contributed by atoms with Crippen molar-refractivity contribution >= 4 is 0 Å². The van der Waals surface area contributed by atoms with Gasteiger partial charge in [0.25, 0.3) is 0 Å². The van der Waals surface area contributed by atoms with Crippen molar-refractivity contribution in [1.29, 1.82) is 0 Å². The molecule has 2 N–H and O–H groups in total. The predicted octanol–water partition coefficient (Wildman–Crippen LogP) is 1.36. The molecule has 0 aromatic heterocycles. The molecule has 0 aliphatic rings. The summed E-state index contributed by atoms with van der Waals surface area (Å²) in [6.07, 6.45) is -0.999. The number of ether oxygens (including phenoxy) is 1. The smallest absolute Gasteiger partial charge is 0.137 e. The maximum absolute atomic E-state index is 13.8. The van der Waals surface area contributed by atoms with Crippen LogP contribution in [0, 0.1) is 11.6 Å². The van der Waals surface area contributed by atoms with Gasteiger partial charge in [-0.15, -0.1) is 0 Å². The van der Waals surface area contributed by atoms with E-state index in [1.165, 1.54) is 13.2 Å². The van der Waals surface area contributed by atoms with Crippen molar-refractivity contribution in [3.63, 3.8) is 0 Å². The third-order valence-corrected chi connectivity index (χ3v) is 2.26. The number of hydrogen-bond acceptors (Lipinski definition) is 3. The summed E-state index contributed by atoms with van der Waals surface area (Å²) in [6, 6.07) is 2.37. The number of methoxy groups -OCH3 is 1. The van der Waals surface area contributed by atoms with Crippen LogP contribution in [0.25, 0.3) is 0 Å². The van der Waals surface area contributed by atoms with Crippen molar-refractivity contribution < 1.29 is 18.6 Å². The summed E-state index contributed by atoms with van der Waals surface area (Å²) in [5.41, 5.74) is -0.0852. The Bertz CT molecular complexity index is 358. The lowest BCUT2D eigenvalue weighted by Crippen LogP contribution is -2.18. The molecular weight excluding hydrogens is 216 g/mol. The van der Waals surface area contributed by atoms with Gasteiger partial charge in [-0.05, 0) is 13.1 Å². The van der Waals surface area contributed by atoms with E-state index in [4.69, 9.17) is 4.74 Å². The summed E-state index contributed by atoms with van der Waals surface area (Å²) < 4.78 is 31.7. The van der Waals surface area contributed by atoms with Crippen molar-refractivity contribution in [2.75, 3.05) is 20.7 Å². The lowest BCUT2D eigenvalue weighted by atomic mass is 10.0. The minimum atomic E-state index is -0.999. The molecule has 90 valence electrons. The van der Waals surface area contributed by atoms with Gasteiger partial charge in [0.15, 0.2) is 0 Å². The fourth-order valence-electron chi connectivity index (χ4n) is 1.45. The van der Waals surface area contributed by atoms with E-state index in [2.05, 4.69) is 5.32 Å². The van der Waals surface area contributed by atoms with Crippen LogP contribution in [0.4, 0.5) is 8.78 Å². The minimum Gasteiger partial charge on any atom is -0.387 e. The zero-order valence-electron chi connectivity index (χ0n) is 9.26. The largest absolute Gasteiger partial charge is 0.387 e. The molecule has 3 nitrogen and oxygen atoms in total. The molecule has 1 rings (SSSR count). The fraction of sp³-hybridized carbons (Fsp3) is 0.455. The highest BCUT2D eigenvalue weighted by Crippen LogP contribution is 2.22. The Balaban J connectivity index is 3.07. The fourth-order valence-corrected chi connectivity index (χ4v) is 1.45. The Hall–Kier alpha value is -1.04. The van der Waals surface area contributed by atoms with Crippen LogP contribution in [-0.2, 0) is 11.3 Å². The molecule has 1 unspecified atom stereocenters. The van der Waals surface area contributed by atoms with E-state index in [0.717, 1.165) is 6.07 Å². The third-order valence-electron chi connectivity index (χ3n) is 2.26. The van der Waals surface area contributed by atoms with Gasteiger partial charge in [0.1, 0.15) is 11.6 Å². The van der Waals surface area contributed by atoms with Crippen molar-refractivity contribution in [2.45, 2.75) is 12.7 Å². The molecule has 0 radical (unpaired) electrons. The minimum absolute atomic E-state index is 0.0720. The van der Waals surface area contributed by atoms with Crippen LogP contribution in [0.5, 0.6) is 0 Å². The van der Waals surface area contributed by atoms with Gasteiger partial charge in [0, 0.05) is 24.8 Å². The molecule has 0 fully saturated rings. The van der Waals surface area contributed by atoms with Gasteiger partial charge in [0.05, 0.1) is 12.7 Å². The lowest BCUT2D eigenvalue weighted by Gasteiger charge is -2.14. The predicted molar refractivity (Wildman–Crippen MR) is 56.0 cm³/mol. The molecular formula is C11H15F2NO2. The van der Waals surface area contributed by atoms with Crippen LogP contribution in [0.2, 0.25) is 0 Å². The summed E-state index contributed by atoms with van der Waals surface area (Å²) in [5.74, 6) is -1.41. The van der Waals surface area contributed by atoms with E-state index in [9.17, 15) is 13.9 Å². The number of nitrogens with one attached hydrogen (secondary N) is 1. The van der Waals surface area contributed by atoms with Crippen LogP contribution in [0.15, 0.2) is 12.1 Å². The molecule has 0 amide bonds. The molecule has 16 heavy (non-hydrogen) atoms. The summed E-state index contributed by atoms with van der Waals surface area (Å²) in [6.45, 7) is 0.0484. The van der Waals surface area contributed by atoms with E-state index >= 15 is 0 Å². The number of rotatable bonds is 5. The quantitative estimate of drug-likeness (QED) is 0.804. The number of halogens is 2. The maximum atomic E-state index is 13.8. The standard InChI is InChI=1S/C11H15F2NO2/c1-14-5-10(15)7-3-4-9(12)8(6-16-2)11(7)13/h3-4,10,14-15H,5-6H2,1-2H3. The van der Waals surface area contributed by atoms with E-state index in [-0.39, 0.29) is 24.3 Å². The van der Waals surface area contributed by atoms with Gasteiger partial charge < -0.3 is 15.2 Å². The summed E-state index contributed by atoms with van der Waals surface area (Å²) in [7, 11) is 3.00. The SMILES string of the molecule is CNCC(O)c1ccc(F)c(COC)c1F. The molecule has 0 aliphatic carbocycles. The normalized spacial score (nSPS) is 12.8. The molecule has 5 heteroatoms. The zero-order chi connectivity index (χ0) is 12.1. The van der Waals surface area contributed by atoms with Crippen LogP contribution >= 0.6 is 0 Å². The highest BCUT2D eigenvalue weighted by Gasteiger charge is 2.18. The molecule has 0 heterocycles. The summed E-state index contributed by atoms with van der Waals surface area (Å²) in [4.78, 5) is 0. The van der Waals surface area contributed by atoms with Crippen molar-refractivity contribution in [3.05, 3.63) is 34.9 Å². The number of aliphatic hydroxyl groups is 1. The number of hydrogen-bond donors (Lipinski definition) is 2. The molecule has 0 saturated carbocycles. The Morgan fingerprint density at radius 1 is 1.44 bits per heavy atom. The molecule has 1 aromatic carbocycles. The Kier molecular flexibility index (Phi) is 4.79. The molecule has 0 spiro atoms. The number of aliphatic hydroxyl groups excluding tert-OH is 1. The van der Waals surface area contributed by atoms with Crippen LogP contribution in [0.1, 0.15) is 17.2 Å². The first-order valence-electron chi connectivity index (χ1n) is 4.90. The first-order valence-corrected chi connectivity index (χ1v) is 4.90. The Morgan fingerprint density at radius 2 is 2.12 bits per heavy atom. The van der Waals surface area contributed by atoms with Crippen molar-refractivity contribution in [1.82, 2.24) is 5.32 Å². The Morgan fingerprint density at radius 3 is 2.69 bits per heavy atom.